The zero-order valence-corrected chi connectivity index (χ0v) is 11.1. The van der Waals surface area contributed by atoms with E-state index in [2.05, 4.69) is 0 Å². The van der Waals surface area contributed by atoms with Crippen LogP contribution in [-0.4, -0.2) is 10.9 Å². The van der Waals surface area contributed by atoms with Crippen LogP contribution in [0.1, 0.15) is 11.7 Å². The lowest BCUT2D eigenvalue weighted by Gasteiger charge is -2.10. The summed E-state index contributed by atoms with van der Waals surface area (Å²) in [5, 5.41) is 10.6. The van der Waals surface area contributed by atoms with Crippen molar-refractivity contribution in [3.63, 3.8) is 0 Å². The first-order valence-corrected chi connectivity index (χ1v) is 6.83. The van der Waals surface area contributed by atoms with Crippen LogP contribution in [0.5, 0.6) is 0 Å². The minimum Gasteiger partial charge on any atom is -0.388 e. The molecule has 0 aliphatic heterocycles. The van der Waals surface area contributed by atoms with E-state index in [1.165, 1.54) is 23.9 Å². The SMILES string of the molecule is OC(CSc1cccc(F)c1)c1ccc(Cl)cc1. The maximum atomic E-state index is 13.0. The van der Waals surface area contributed by atoms with Crippen molar-refractivity contribution in [1.82, 2.24) is 0 Å². The fraction of sp³-hybridized carbons (Fsp3) is 0.143. The molecule has 0 bridgehead atoms. The molecule has 4 heteroatoms. The molecule has 0 spiro atoms. The van der Waals surface area contributed by atoms with Crippen molar-refractivity contribution in [3.8, 4) is 0 Å². The highest BCUT2D eigenvalue weighted by Crippen LogP contribution is 2.25. The third kappa shape index (κ3) is 3.73. The number of aliphatic hydroxyl groups is 1. The van der Waals surface area contributed by atoms with Crippen molar-refractivity contribution < 1.29 is 9.50 Å². The molecule has 1 N–H and O–H groups in total. The van der Waals surface area contributed by atoms with E-state index in [-0.39, 0.29) is 5.82 Å². The lowest BCUT2D eigenvalue weighted by Crippen LogP contribution is -2.00. The second-order valence-corrected chi connectivity index (χ2v) is 5.37. The topological polar surface area (TPSA) is 20.2 Å². The van der Waals surface area contributed by atoms with E-state index in [1.54, 1.807) is 30.3 Å². The van der Waals surface area contributed by atoms with E-state index in [4.69, 9.17) is 11.6 Å². The van der Waals surface area contributed by atoms with Crippen LogP contribution in [0.4, 0.5) is 4.39 Å². The third-order valence-corrected chi connectivity index (χ3v) is 3.78. The maximum absolute atomic E-state index is 13.0. The van der Waals surface area contributed by atoms with Crippen LogP contribution in [0.25, 0.3) is 0 Å². The Hall–Kier alpha value is -1.03. The van der Waals surface area contributed by atoms with Crippen molar-refractivity contribution in [1.29, 1.82) is 0 Å². The molecule has 0 heterocycles. The molecule has 1 nitrogen and oxygen atoms in total. The molecule has 2 aromatic carbocycles. The van der Waals surface area contributed by atoms with Crippen LogP contribution < -0.4 is 0 Å². The molecule has 2 aromatic rings. The minimum atomic E-state index is -0.587. The second kappa shape index (κ2) is 6.23. The number of rotatable bonds is 4. The Labute approximate surface area is 115 Å². The summed E-state index contributed by atoms with van der Waals surface area (Å²) in [5.74, 6) is 0.214. The quantitative estimate of drug-likeness (QED) is 0.844. The van der Waals surface area contributed by atoms with Gasteiger partial charge < -0.3 is 5.11 Å². The largest absolute Gasteiger partial charge is 0.388 e. The molecule has 0 saturated heterocycles. The number of thioether (sulfide) groups is 1. The number of hydrogen-bond donors (Lipinski definition) is 1. The Morgan fingerprint density at radius 2 is 1.89 bits per heavy atom. The predicted molar refractivity (Wildman–Crippen MR) is 73.5 cm³/mol. The van der Waals surface area contributed by atoms with Gasteiger partial charge in [-0.1, -0.05) is 29.8 Å². The monoisotopic (exact) mass is 282 g/mol. The van der Waals surface area contributed by atoms with Gasteiger partial charge in [-0.3, -0.25) is 0 Å². The Morgan fingerprint density at radius 1 is 1.17 bits per heavy atom. The van der Waals surface area contributed by atoms with Gasteiger partial charge in [0.2, 0.25) is 0 Å². The zero-order valence-electron chi connectivity index (χ0n) is 9.51. The van der Waals surface area contributed by atoms with E-state index in [0.717, 1.165) is 10.5 Å². The van der Waals surface area contributed by atoms with E-state index in [9.17, 15) is 9.50 Å². The molecule has 1 unspecified atom stereocenters. The van der Waals surface area contributed by atoms with Gasteiger partial charge in [-0.25, -0.2) is 4.39 Å². The number of benzene rings is 2. The van der Waals surface area contributed by atoms with Gasteiger partial charge >= 0.3 is 0 Å². The van der Waals surface area contributed by atoms with Crippen LogP contribution >= 0.6 is 23.4 Å². The molecule has 0 aromatic heterocycles. The molecule has 0 amide bonds. The summed E-state index contributed by atoms with van der Waals surface area (Å²) in [6, 6.07) is 13.4. The van der Waals surface area contributed by atoms with E-state index >= 15 is 0 Å². The number of hydrogen-bond acceptors (Lipinski definition) is 2. The van der Waals surface area contributed by atoms with Crippen molar-refractivity contribution in [2.45, 2.75) is 11.0 Å². The summed E-state index contributed by atoms with van der Waals surface area (Å²) in [6.07, 6.45) is -0.587. The molecule has 18 heavy (non-hydrogen) atoms. The normalized spacial score (nSPS) is 12.4. The fourth-order valence-corrected chi connectivity index (χ4v) is 2.55. The third-order valence-electron chi connectivity index (χ3n) is 2.46. The molecule has 0 radical (unpaired) electrons. The van der Waals surface area contributed by atoms with Gasteiger partial charge in [0.05, 0.1) is 6.10 Å². The second-order valence-electron chi connectivity index (χ2n) is 3.84. The predicted octanol–water partition coefficient (Wildman–Crippen LogP) is 4.30. The molecular formula is C14H12ClFOS. The molecule has 2 rings (SSSR count). The molecule has 0 aliphatic carbocycles. The zero-order chi connectivity index (χ0) is 13.0. The van der Waals surface area contributed by atoms with Gasteiger partial charge in [-0.2, -0.15) is 0 Å². The summed E-state index contributed by atoms with van der Waals surface area (Å²) >= 11 is 7.20. The highest BCUT2D eigenvalue weighted by atomic mass is 35.5. The molecular weight excluding hydrogens is 271 g/mol. The first-order valence-electron chi connectivity index (χ1n) is 5.47. The van der Waals surface area contributed by atoms with Crippen LogP contribution in [0.3, 0.4) is 0 Å². The van der Waals surface area contributed by atoms with E-state index < -0.39 is 6.10 Å². The molecule has 0 aliphatic rings. The van der Waals surface area contributed by atoms with Crippen LogP contribution in [0.2, 0.25) is 5.02 Å². The summed E-state index contributed by atoms with van der Waals surface area (Å²) in [4.78, 5) is 0.808. The average molecular weight is 283 g/mol. The molecule has 1 atom stereocenters. The van der Waals surface area contributed by atoms with Gasteiger partial charge in [0, 0.05) is 15.7 Å². The van der Waals surface area contributed by atoms with Crippen LogP contribution in [0, 0.1) is 5.82 Å². The van der Waals surface area contributed by atoms with E-state index in [1.807, 2.05) is 6.07 Å². The van der Waals surface area contributed by atoms with Crippen LogP contribution in [-0.2, 0) is 0 Å². The standard InChI is InChI=1S/C14H12ClFOS/c15-11-6-4-10(5-7-11)14(17)9-18-13-3-1-2-12(16)8-13/h1-8,14,17H,9H2. The highest BCUT2D eigenvalue weighted by Gasteiger charge is 2.08. The first kappa shape index (κ1) is 13.4. The minimum absolute atomic E-state index is 0.263. The first-order chi connectivity index (χ1) is 8.65. The Balaban J connectivity index is 1.96. The molecule has 0 fully saturated rings. The average Bonchev–Trinajstić information content (AvgIpc) is 2.37. The lowest BCUT2D eigenvalue weighted by molar-refractivity contribution is 0.204. The maximum Gasteiger partial charge on any atom is 0.124 e. The summed E-state index contributed by atoms with van der Waals surface area (Å²) < 4.78 is 13.0. The van der Waals surface area contributed by atoms with Crippen LogP contribution in [0.15, 0.2) is 53.4 Å². The van der Waals surface area contributed by atoms with Crippen molar-refractivity contribution in [2.24, 2.45) is 0 Å². The summed E-state index contributed by atoms with van der Waals surface area (Å²) in [6.45, 7) is 0. The summed E-state index contributed by atoms with van der Waals surface area (Å²) in [7, 11) is 0. The van der Waals surface area contributed by atoms with Gasteiger partial charge in [-0.05, 0) is 35.9 Å². The van der Waals surface area contributed by atoms with Gasteiger partial charge in [-0.15, -0.1) is 11.8 Å². The van der Waals surface area contributed by atoms with Gasteiger partial charge in [0.1, 0.15) is 5.82 Å². The Morgan fingerprint density at radius 3 is 2.56 bits per heavy atom. The smallest absolute Gasteiger partial charge is 0.124 e. The number of halogens is 2. The lowest BCUT2D eigenvalue weighted by atomic mass is 10.1. The fourth-order valence-electron chi connectivity index (χ4n) is 1.51. The Kier molecular flexibility index (Phi) is 4.64. The summed E-state index contributed by atoms with van der Waals surface area (Å²) in [5.41, 5.74) is 0.809. The Bertz CT molecular complexity index is 515. The van der Waals surface area contributed by atoms with Crippen molar-refractivity contribution in [3.05, 3.63) is 64.9 Å². The molecule has 94 valence electrons. The highest BCUT2D eigenvalue weighted by molar-refractivity contribution is 7.99. The van der Waals surface area contributed by atoms with Gasteiger partial charge in [0.15, 0.2) is 0 Å². The van der Waals surface area contributed by atoms with Crippen molar-refractivity contribution >= 4 is 23.4 Å². The molecule has 0 saturated carbocycles. The van der Waals surface area contributed by atoms with Crippen molar-refractivity contribution in [2.75, 3.05) is 5.75 Å². The number of aliphatic hydroxyl groups excluding tert-OH is 1. The van der Waals surface area contributed by atoms with E-state index in [0.29, 0.717) is 10.8 Å². The van der Waals surface area contributed by atoms with Gasteiger partial charge in [0.25, 0.3) is 0 Å².